The van der Waals surface area contributed by atoms with Gasteiger partial charge in [0.05, 0.1) is 0 Å². The average Bonchev–Trinajstić information content (AvgIpc) is 2.80. The zero-order chi connectivity index (χ0) is 14.0. The van der Waals surface area contributed by atoms with Crippen LogP contribution in [-0.4, -0.2) is 14.8 Å². The first-order valence-electron chi connectivity index (χ1n) is 6.39. The molecule has 0 saturated heterocycles. The van der Waals surface area contributed by atoms with Crippen molar-refractivity contribution < 1.29 is 0 Å². The van der Waals surface area contributed by atoms with Crippen LogP contribution in [0.1, 0.15) is 42.9 Å². The van der Waals surface area contributed by atoms with E-state index in [1.54, 1.807) is 6.33 Å². The zero-order valence-electron chi connectivity index (χ0n) is 11.5. The van der Waals surface area contributed by atoms with E-state index in [1.807, 2.05) is 29.8 Å². The molecular formula is C14H19ClN4. The second-order valence-electron chi connectivity index (χ2n) is 4.98. The summed E-state index contributed by atoms with van der Waals surface area (Å²) in [6.45, 7) is 6.15. The van der Waals surface area contributed by atoms with Crippen molar-refractivity contribution in [3.63, 3.8) is 0 Å². The molecule has 1 aromatic carbocycles. The molecule has 4 nitrogen and oxygen atoms in total. The first-order chi connectivity index (χ1) is 9.00. The second kappa shape index (κ2) is 5.72. The third-order valence-electron chi connectivity index (χ3n) is 3.25. The van der Waals surface area contributed by atoms with Crippen LogP contribution in [0.5, 0.6) is 0 Å². The van der Waals surface area contributed by atoms with Crippen LogP contribution in [0.3, 0.4) is 0 Å². The molecule has 19 heavy (non-hydrogen) atoms. The van der Waals surface area contributed by atoms with Crippen LogP contribution in [0.15, 0.2) is 24.5 Å². The van der Waals surface area contributed by atoms with Crippen LogP contribution in [0.2, 0.25) is 5.02 Å². The second-order valence-corrected chi connectivity index (χ2v) is 5.39. The number of hydrogen-bond donors (Lipinski definition) is 1. The van der Waals surface area contributed by atoms with Gasteiger partial charge in [0.2, 0.25) is 0 Å². The van der Waals surface area contributed by atoms with Crippen molar-refractivity contribution in [3.8, 4) is 0 Å². The molecule has 0 aliphatic carbocycles. The maximum atomic E-state index is 6.29. The molecule has 5 heteroatoms. The lowest BCUT2D eigenvalue weighted by Crippen LogP contribution is -2.18. The summed E-state index contributed by atoms with van der Waals surface area (Å²) in [4.78, 5) is 4.29. The third-order valence-corrected chi connectivity index (χ3v) is 3.66. The summed E-state index contributed by atoms with van der Waals surface area (Å²) < 4.78 is 1.90. The molecule has 0 amide bonds. The molecule has 0 fully saturated rings. The lowest BCUT2D eigenvalue weighted by atomic mass is 9.99. The Morgan fingerprint density at radius 2 is 2.11 bits per heavy atom. The largest absolute Gasteiger partial charge is 0.324 e. The Labute approximate surface area is 118 Å². The summed E-state index contributed by atoms with van der Waals surface area (Å²) in [5, 5.41) is 4.97. The van der Waals surface area contributed by atoms with E-state index in [9.17, 15) is 0 Å². The van der Waals surface area contributed by atoms with Crippen LogP contribution < -0.4 is 5.73 Å². The highest BCUT2D eigenvalue weighted by atomic mass is 35.5. The van der Waals surface area contributed by atoms with E-state index in [-0.39, 0.29) is 12.1 Å². The fourth-order valence-electron chi connectivity index (χ4n) is 2.18. The van der Waals surface area contributed by atoms with E-state index < -0.39 is 0 Å². The first-order valence-corrected chi connectivity index (χ1v) is 6.77. The predicted molar refractivity (Wildman–Crippen MR) is 77.2 cm³/mol. The number of benzene rings is 1. The van der Waals surface area contributed by atoms with Gasteiger partial charge in [0.1, 0.15) is 12.2 Å². The van der Waals surface area contributed by atoms with E-state index >= 15 is 0 Å². The molecule has 1 aromatic heterocycles. The molecule has 0 spiro atoms. The summed E-state index contributed by atoms with van der Waals surface area (Å²) in [5.74, 6) is 0.905. The van der Waals surface area contributed by atoms with Crippen molar-refractivity contribution in [1.82, 2.24) is 14.8 Å². The highest BCUT2D eigenvalue weighted by Gasteiger charge is 2.16. The van der Waals surface area contributed by atoms with Crippen LogP contribution in [0, 0.1) is 6.92 Å². The van der Waals surface area contributed by atoms with Gasteiger partial charge in [-0.05, 0) is 38.0 Å². The predicted octanol–water partition coefficient (Wildman–Crippen LogP) is 3.06. The van der Waals surface area contributed by atoms with E-state index in [0.29, 0.717) is 6.42 Å². The molecule has 0 bridgehead atoms. The van der Waals surface area contributed by atoms with Crippen molar-refractivity contribution >= 4 is 11.6 Å². The van der Waals surface area contributed by atoms with Gasteiger partial charge in [0.15, 0.2) is 0 Å². The van der Waals surface area contributed by atoms with Gasteiger partial charge in [0.25, 0.3) is 0 Å². The molecular weight excluding hydrogens is 260 g/mol. The number of nitrogens with two attached hydrogens (primary N) is 1. The van der Waals surface area contributed by atoms with Crippen LogP contribution in [-0.2, 0) is 6.42 Å². The number of halogens is 1. The highest BCUT2D eigenvalue weighted by molar-refractivity contribution is 6.31. The van der Waals surface area contributed by atoms with E-state index in [4.69, 9.17) is 17.3 Å². The lowest BCUT2D eigenvalue weighted by Gasteiger charge is -2.16. The minimum Gasteiger partial charge on any atom is -0.324 e. The lowest BCUT2D eigenvalue weighted by molar-refractivity contribution is 0.493. The summed E-state index contributed by atoms with van der Waals surface area (Å²) >= 11 is 6.13. The van der Waals surface area contributed by atoms with Gasteiger partial charge < -0.3 is 5.73 Å². The molecule has 1 heterocycles. The minimum absolute atomic E-state index is 0.125. The molecule has 0 radical (unpaired) electrons. The van der Waals surface area contributed by atoms with Crippen molar-refractivity contribution in [2.24, 2.45) is 5.73 Å². The summed E-state index contributed by atoms with van der Waals surface area (Å²) in [5.41, 5.74) is 8.38. The molecule has 0 saturated carbocycles. The smallest absolute Gasteiger partial charge is 0.138 e. The van der Waals surface area contributed by atoms with Gasteiger partial charge in [-0.1, -0.05) is 23.7 Å². The molecule has 1 atom stereocenters. The Morgan fingerprint density at radius 1 is 1.37 bits per heavy atom. The van der Waals surface area contributed by atoms with Gasteiger partial charge in [-0.2, -0.15) is 5.10 Å². The van der Waals surface area contributed by atoms with E-state index in [1.165, 1.54) is 0 Å². The zero-order valence-corrected chi connectivity index (χ0v) is 12.2. The SMILES string of the molecule is Cc1c(Cl)cccc1C(N)Cc1ncnn1C(C)C. The van der Waals surface area contributed by atoms with E-state index in [0.717, 1.165) is 22.0 Å². The molecule has 0 aliphatic heterocycles. The molecule has 2 aromatic rings. The molecule has 0 aliphatic rings. The van der Waals surface area contributed by atoms with E-state index in [2.05, 4.69) is 23.9 Å². The first kappa shape index (κ1) is 14.0. The Morgan fingerprint density at radius 3 is 2.79 bits per heavy atom. The molecule has 1 unspecified atom stereocenters. The Bertz CT molecular complexity index is 562. The molecule has 2 N–H and O–H groups in total. The summed E-state index contributed by atoms with van der Waals surface area (Å²) in [7, 11) is 0. The van der Waals surface area contributed by atoms with Gasteiger partial charge in [0, 0.05) is 23.5 Å². The number of nitrogens with zero attached hydrogens (tertiary/aromatic N) is 3. The quantitative estimate of drug-likeness (QED) is 0.935. The maximum absolute atomic E-state index is 6.29. The van der Waals surface area contributed by atoms with Crippen LogP contribution >= 0.6 is 11.6 Å². The van der Waals surface area contributed by atoms with Crippen LogP contribution in [0.25, 0.3) is 0 Å². The van der Waals surface area contributed by atoms with Crippen molar-refractivity contribution in [2.45, 2.75) is 39.3 Å². The minimum atomic E-state index is -0.125. The van der Waals surface area contributed by atoms with Crippen molar-refractivity contribution in [1.29, 1.82) is 0 Å². The Balaban J connectivity index is 2.23. The van der Waals surface area contributed by atoms with Gasteiger partial charge in [-0.3, -0.25) is 0 Å². The topological polar surface area (TPSA) is 56.7 Å². The third kappa shape index (κ3) is 2.96. The number of rotatable bonds is 4. The highest BCUT2D eigenvalue weighted by Crippen LogP contribution is 2.25. The van der Waals surface area contributed by atoms with Gasteiger partial charge in [-0.15, -0.1) is 0 Å². The number of aromatic nitrogens is 3. The molecule has 102 valence electrons. The fourth-order valence-corrected chi connectivity index (χ4v) is 2.37. The summed E-state index contributed by atoms with van der Waals surface area (Å²) in [6, 6.07) is 5.98. The van der Waals surface area contributed by atoms with Gasteiger partial charge in [-0.25, -0.2) is 9.67 Å². The Kier molecular flexibility index (Phi) is 4.22. The van der Waals surface area contributed by atoms with Crippen molar-refractivity contribution in [3.05, 3.63) is 46.5 Å². The van der Waals surface area contributed by atoms with Gasteiger partial charge >= 0.3 is 0 Å². The number of hydrogen-bond acceptors (Lipinski definition) is 3. The van der Waals surface area contributed by atoms with Crippen LogP contribution in [0.4, 0.5) is 0 Å². The standard InChI is InChI=1S/C14H19ClN4/c1-9(2)19-14(17-8-18-19)7-13(16)11-5-4-6-12(15)10(11)3/h4-6,8-9,13H,7,16H2,1-3H3. The maximum Gasteiger partial charge on any atom is 0.138 e. The normalized spacial score (nSPS) is 12.9. The average molecular weight is 279 g/mol. The van der Waals surface area contributed by atoms with Crippen molar-refractivity contribution in [2.75, 3.05) is 0 Å². The molecule has 2 rings (SSSR count). The summed E-state index contributed by atoms with van der Waals surface area (Å²) in [6.07, 6.45) is 2.23. The fraction of sp³-hybridized carbons (Fsp3) is 0.429. The monoisotopic (exact) mass is 278 g/mol. The Hall–Kier alpha value is -1.39.